The van der Waals surface area contributed by atoms with E-state index < -0.39 is 16.1 Å². The summed E-state index contributed by atoms with van der Waals surface area (Å²) in [6, 6.07) is 23.7. The first-order valence-corrected chi connectivity index (χ1v) is 13.0. The van der Waals surface area contributed by atoms with Gasteiger partial charge in [-0.2, -0.15) is 0 Å². The molecule has 7 nitrogen and oxygen atoms in total. The maximum Gasteiger partial charge on any atom is 0.421 e. The summed E-state index contributed by atoms with van der Waals surface area (Å²) >= 11 is 0. The van der Waals surface area contributed by atoms with E-state index in [1.807, 2.05) is 67.1 Å². The Balaban J connectivity index is 1.52. The van der Waals surface area contributed by atoms with Crippen LogP contribution in [0.25, 0.3) is 10.9 Å². The monoisotopic (exact) mass is 504 g/mol. The van der Waals surface area contributed by atoms with Gasteiger partial charge in [-0.1, -0.05) is 54.1 Å². The number of pyridine rings is 1. The summed E-state index contributed by atoms with van der Waals surface area (Å²) in [6.07, 6.45) is -0.493. The van der Waals surface area contributed by atoms with Crippen molar-refractivity contribution in [3.63, 3.8) is 0 Å². The molecule has 3 aromatic carbocycles. The molecule has 186 valence electrons. The summed E-state index contributed by atoms with van der Waals surface area (Å²) in [4.78, 5) is 17.0. The van der Waals surface area contributed by atoms with Crippen LogP contribution in [0.2, 0.25) is 0 Å². The SMILES string of the molecule is COc1ccc(C)cc1C[C@@H](COC(=O)NS(=O)(=O)c1cccc2nc(C)ccc12)c1ccccc1. The number of rotatable bonds is 8. The molecule has 0 spiro atoms. The van der Waals surface area contributed by atoms with Crippen molar-refractivity contribution in [1.82, 2.24) is 9.71 Å². The van der Waals surface area contributed by atoms with Crippen LogP contribution in [0, 0.1) is 13.8 Å². The number of ether oxygens (including phenoxy) is 2. The van der Waals surface area contributed by atoms with E-state index >= 15 is 0 Å². The van der Waals surface area contributed by atoms with E-state index in [1.165, 1.54) is 6.07 Å². The average Bonchev–Trinajstić information content (AvgIpc) is 2.86. The molecular formula is C28H28N2O5S. The number of nitrogens with one attached hydrogen (secondary N) is 1. The topological polar surface area (TPSA) is 94.6 Å². The maximum absolute atomic E-state index is 13.0. The summed E-state index contributed by atoms with van der Waals surface area (Å²) < 4.78 is 39.0. The molecule has 0 unspecified atom stereocenters. The molecule has 1 N–H and O–H groups in total. The molecule has 0 aliphatic carbocycles. The Bertz CT molecular complexity index is 1490. The Morgan fingerprint density at radius 3 is 2.50 bits per heavy atom. The van der Waals surface area contributed by atoms with Crippen LogP contribution < -0.4 is 9.46 Å². The van der Waals surface area contributed by atoms with Crippen LogP contribution in [0.4, 0.5) is 4.79 Å². The van der Waals surface area contributed by atoms with Gasteiger partial charge in [-0.05, 0) is 61.7 Å². The number of nitrogens with zero attached hydrogens (tertiary/aromatic N) is 1. The molecule has 0 saturated heterocycles. The number of carbonyl (C=O) groups excluding carboxylic acids is 1. The number of amides is 1. The molecule has 36 heavy (non-hydrogen) atoms. The average molecular weight is 505 g/mol. The molecule has 1 aromatic heterocycles. The first kappa shape index (κ1) is 25.2. The van der Waals surface area contributed by atoms with E-state index in [4.69, 9.17) is 9.47 Å². The molecule has 1 heterocycles. The largest absolute Gasteiger partial charge is 0.496 e. The quantitative estimate of drug-likeness (QED) is 0.350. The van der Waals surface area contributed by atoms with Gasteiger partial charge in [0.1, 0.15) is 12.4 Å². The maximum atomic E-state index is 13.0. The van der Waals surface area contributed by atoms with Crippen LogP contribution in [0.5, 0.6) is 5.75 Å². The minimum Gasteiger partial charge on any atom is -0.496 e. The fourth-order valence-corrected chi connectivity index (χ4v) is 5.27. The fourth-order valence-electron chi connectivity index (χ4n) is 4.16. The van der Waals surface area contributed by atoms with Crippen molar-refractivity contribution in [2.24, 2.45) is 0 Å². The second-order valence-electron chi connectivity index (χ2n) is 8.61. The molecule has 0 fully saturated rings. The lowest BCUT2D eigenvalue weighted by atomic mass is 9.91. The Morgan fingerprint density at radius 2 is 1.75 bits per heavy atom. The minimum absolute atomic E-state index is 0.0151. The zero-order chi connectivity index (χ0) is 25.7. The van der Waals surface area contributed by atoms with Gasteiger partial charge < -0.3 is 9.47 Å². The third kappa shape index (κ3) is 5.83. The molecule has 1 atom stereocenters. The number of aryl methyl sites for hydroxylation is 2. The van der Waals surface area contributed by atoms with Crippen LogP contribution in [0.1, 0.15) is 28.3 Å². The second kappa shape index (κ2) is 10.8. The summed E-state index contributed by atoms with van der Waals surface area (Å²) in [5, 5.41) is 0.428. The molecule has 4 aromatic rings. The van der Waals surface area contributed by atoms with Gasteiger partial charge in [0.25, 0.3) is 10.0 Å². The molecule has 4 rings (SSSR count). The molecule has 8 heteroatoms. The third-order valence-corrected chi connectivity index (χ3v) is 7.30. The Hall–Kier alpha value is -3.91. The van der Waals surface area contributed by atoms with Gasteiger partial charge in [0, 0.05) is 17.0 Å². The van der Waals surface area contributed by atoms with Gasteiger partial charge in [-0.15, -0.1) is 0 Å². The van der Waals surface area contributed by atoms with Gasteiger partial charge in [0.2, 0.25) is 0 Å². The summed E-state index contributed by atoms with van der Waals surface area (Å²) in [5.41, 5.74) is 4.32. The van der Waals surface area contributed by atoms with Crippen LogP contribution in [0.15, 0.2) is 83.8 Å². The molecule has 0 radical (unpaired) electrons. The van der Waals surface area contributed by atoms with Gasteiger partial charge in [0.15, 0.2) is 0 Å². The summed E-state index contributed by atoms with van der Waals surface area (Å²) in [5.74, 6) is 0.536. The highest BCUT2D eigenvalue weighted by molar-refractivity contribution is 7.90. The van der Waals surface area contributed by atoms with E-state index in [0.717, 1.165) is 28.1 Å². The number of hydrogen-bond acceptors (Lipinski definition) is 6. The molecule has 0 aliphatic heterocycles. The molecule has 0 bridgehead atoms. The number of benzene rings is 3. The summed E-state index contributed by atoms with van der Waals surface area (Å²) in [7, 11) is -2.56. The predicted molar refractivity (Wildman–Crippen MR) is 139 cm³/mol. The first-order valence-electron chi connectivity index (χ1n) is 11.5. The van der Waals surface area contributed by atoms with Crippen molar-refractivity contribution >= 4 is 27.0 Å². The number of carbonyl (C=O) groups is 1. The highest BCUT2D eigenvalue weighted by Crippen LogP contribution is 2.28. The Labute approximate surface area is 211 Å². The second-order valence-corrected chi connectivity index (χ2v) is 10.3. The van der Waals surface area contributed by atoms with E-state index in [9.17, 15) is 13.2 Å². The number of hydrogen-bond donors (Lipinski definition) is 1. The van der Waals surface area contributed by atoms with Crippen molar-refractivity contribution < 1.29 is 22.7 Å². The van der Waals surface area contributed by atoms with Crippen molar-refractivity contribution in [1.29, 1.82) is 0 Å². The molecule has 1 amide bonds. The standard InChI is InChI=1S/C28H28N2O5S/c1-19-12-15-26(34-3)22(16-19)17-23(21-8-5-4-6-9-21)18-35-28(31)30-36(32,33)27-11-7-10-25-24(27)14-13-20(2)29-25/h4-16,23H,17-18H2,1-3H3,(H,30,31)/t23-/m0/s1. The van der Waals surface area contributed by atoms with Crippen molar-refractivity contribution in [3.8, 4) is 5.75 Å². The molecular weight excluding hydrogens is 476 g/mol. The Kier molecular flexibility index (Phi) is 7.55. The smallest absolute Gasteiger partial charge is 0.421 e. The highest BCUT2D eigenvalue weighted by Gasteiger charge is 2.23. The Morgan fingerprint density at radius 1 is 0.972 bits per heavy atom. The van der Waals surface area contributed by atoms with Gasteiger partial charge in [-0.3, -0.25) is 4.98 Å². The summed E-state index contributed by atoms with van der Waals surface area (Å²) in [6.45, 7) is 3.81. The van der Waals surface area contributed by atoms with E-state index in [-0.39, 0.29) is 17.4 Å². The first-order chi connectivity index (χ1) is 17.3. The van der Waals surface area contributed by atoms with Gasteiger partial charge >= 0.3 is 6.09 Å². The van der Waals surface area contributed by atoms with Crippen LogP contribution >= 0.6 is 0 Å². The minimum atomic E-state index is -4.17. The fraction of sp³-hybridized carbons (Fsp3) is 0.214. The lowest BCUT2D eigenvalue weighted by Gasteiger charge is -2.20. The number of aromatic nitrogens is 1. The van der Waals surface area contributed by atoms with E-state index in [1.54, 1.807) is 31.4 Å². The van der Waals surface area contributed by atoms with Gasteiger partial charge in [0.05, 0.1) is 17.5 Å². The van der Waals surface area contributed by atoms with Gasteiger partial charge in [-0.25, -0.2) is 17.9 Å². The highest BCUT2D eigenvalue weighted by atomic mass is 32.2. The normalized spacial score (nSPS) is 12.2. The molecule has 0 saturated carbocycles. The van der Waals surface area contributed by atoms with Crippen LogP contribution in [0.3, 0.4) is 0 Å². The van der Waals surface area contributed by atoms with E-state index in [0.29, 0.717) is 17.3 Å². The zero-order valence-corrected chi connectivity index (χ0v) is 21.2. The van der Waals surface area contributed by atoms with E-state index in [2.05, 4.69) is 4.98 Å². The van der Waals surface area contributed by atoms with Crippen molar-refractivity contribution in [2.75, 3.05) is 13.7 Å². The zero-order valence-electron chi connectivity index (χ0n) is 20.4. The molecule has 0 aliphatic rings. The lowest BCUT2D eigenvalue weighted by molar-refractivity contribution is 0.144. The van der Waals surface area contributed by atoms with Crippen molar-refractivity contribution in [2.45, 2.75) is 31.1 Å². The number of methoxy groups -OCH3 is 1. The predicted octanol–water partition coefficient (Wildman–Crippen LogP) is 5.30. The lowest BCUT2D eigenvalue weighted by Crippen LogP contribution is -2.32. The number of fused-ring (bicyclic) bond motifs is 1. The number of sulfonamides is 1. The van der Waals surface area contributed by atoms with Crippen LogP contribution in [-0.4, -0.2) is 33.2 Å². The third-order valence-electron chi connectivity index (χ3n) is 5.93. The van der Waals surface area contributed by atoms with Crippen molar-refractivity contribution in [3.05, 3.63) is 101 Å². The van der Waals surface area contributed by atoms with Crippen LogP contribution in [-0.2, 0) is 21.2 Å².